The summed E-state index contributed by atoms with van der Waals surface area (Å²) in [6.07, 6.45) is 0.546. The number of nitrogens with one attached hydrogen (secondary N) is 1. The average molecular weight is 322 g/mol. The predicted molar refractivity (Wildman–Crippen MR) is 84.5 cm³/mol. The van der Waals surface area contributed by atoms with Crippen LogP contribution in [0.2, 0.25) is 0 Å². The average Bonchev–Trinajstić information content (AvgIpc) is 3.07. The SMILES string of the molecule is CCCS(=O)(=O)c1ccccc1C(=O)N1C[C@H]2CNC[C@H]2C1. The molecule has 22 heavy (non-hydrogen) atoms. The Morgan fingerprint density at radius 3 is 2.50 bits per heavy atom. The van der Waals surface area contributed by atoms with Crippen LogP contribution >= 0.6 is 0 Å². The van der Waals surface area contributed by atoms with Crippen molar-refractivity contribution in [3.63, 3.8) is 0 Å². The Balaban J connectivity index is 1.87. The number of hydrogen-bond acceptors (Lipinski definition) is 4. The highest BCUT2D eigenvalue weighted by atomic mass is 32.2. The van der Waals surface area contributed by atoms with Crippen molar-refractivity contribution in [3.05, 3.63) is 29.8 Å². The summed E-state index contributed by atoms with van der Waals surface area (Å²) in [5.41, 5.74) is 0.323. The molecule has 2 saturated heterocycles. The highest BCUT2D eigenvalue weighted by molar-refractivity contribution is 7.91. The zero-order valence-corrected chi connectivity index (χ0v) is 13.6. The Labute approximate surface area is 131 Å². The fourth-order valence-corrected chi connectivity index (χ4v) is 5.02. The first-order chi connectivity index (χ1) is 10.5. The maximum Gasteiger partial charge on any atom is 0.255 e. The standard InChI is InChI=1S/C16H22N2O3S/c1-2-7-22(20,21)15-6-4-3-5-14(15)16(19)18-10-12-8-17-9-13(12)11-18/h3-6,12-13,17H,2,7-11H2,1H3/t12-,13+. The van der Waals surface area contributed by atoms with Crippen molar-refractivity contribution < 1.29 is 13.2 Å². The van der Waals surface area contributed by atoms with Crippen LogP contribution in [0.3, 0.4) is 0 Å². The van der Waals surface area contributed by atoms with Crippen molar-refractivity contribution in [2.75, 3.05) is 31.9 Å². The first-order valence-electron chi connectivity index (χ1n) is 7.84. The quantitative estimate of drug-likeness (QED) is 0.903. The number of nitrogens with zero attached hydrogens (tertiary/aromatic N) is 1. The molecule has 2 heterocycles. The molecule has 1 aromatic rings. The maximum absolute atomic E-state index is 12.8. The third-order valence-corrected chi connectivity index (χ3v) is 6.57. The zero-order valence-electron chi connectivity index (χ0n) is 12.8. The smallest absolute Gasteiger partial charge is 0.255 e. The van der Waals surface area contributed by atoms with Gasteiger partial charge in [0, 0.05) is 26.2 Å². The number of amides is 1. The highest BCUT2D eigenvalue weighted by Crippen LogP contribution is 2.29. The molecule has 0 unspecified atom stereocenters. The molecule has 0 saturated carbocycles. The fourth-order valence-electron chi connectivity index (χ4n) is 3.48. The zero-order chi connectivity index (χ0) is 15.7. The van der Waals surface area contributed by atoms with Crippen LogP contribution < -0.4 is 5.32 Å². The number of carbonyl (C=O) groups excluding carboxylic acids is 1. The molecule has 2 aliphatic heterocycles. The van der Waals surface area contributed by atoms with Crippen molar-refractivity contribution in [1.29, 1.82) is 0 Å². The van der Waals surface area contributed by atoms with Crippen LogP contribution in [0, 0.1) is 11.8 Å². The van der Waals surface area contributed by atoms with E-state index >= 15 is 0 Å². The van der Waals surface area contributed by atoms with Gasteiger partial charge in [-0.25, -0.2) is 8.42 Å². The summed E-state index contributed by atoms with van der Waals surface area (Å²) in [5, 5.41) is 3.34. The normalized spacial score (nSPS) is 24.5. The molecule has 0 radical (unpaired) electrons. The molecule has 0 bridgehead atoms. The molecule has 0 spiro atoms. The number of carbonyl (C=O) groups is 1. The Kier molecular flexibility index (Phi) is 4.23. The lowest BCUT2D eigenvalue weighted by Crippen LogP contribution is -2.32. The Hall–Kier alpha value is -1.40. The number of sulfone groups is 1. The molecule has 2 fully saturated rings. The molecule has 1 aromatic carbocycles. The lowest BCUT2D eigenvalue weighted by Gasteiger charge is -2.19. The molecule has 3 rings (SSSR count). The van der Waals surface area contributed by atoms with Gasteiger partial charge in [0.05, 0.1) is 16.2 Å². The number of likely N-dealkylation sites (tertiary alicyclic amines) is 1. The lowest BCUT2D eigenvalue weighted by atomic mass is 10.0. The van der Waals surface area contributed by atoms with E-state index in [1.54, 1.807) is 24.3 Å². The minimum absolute atomic E-state index is 0.0759. The molecule has 1 amide bonds. The third-order valence-electron chi connectivity index (χ3n) is 4.60. The van der Waals surface area contributed by atoms with Gasteiger partial charge in [-0.05, 0) is 30.4 Å². The van der Waals surface area contributed by atoms with Crippen molar-refractivity contribution in [1.82, 2.24) is 10.2 Å². The van der Waals surface area contributed by atoms with Crippen molar-refractivity contribution >= 4 is 15.7 Å². The molecule has 2 aliphatic rings. The second-order valence-corrected chi connectivity index (χ2v) is 8.28. The second kappa shape index (κ2) is 6.01. The van der Waals surface area contributed by atoms with Crippen molar-refractivity contribution in [2.24, 2.45) is 11.8 Å². The van der Waals surface area contributed by atoms with Crippen molar-refractivity contribution in [3.8, 4) is 0 Å². The van der Waals surface area contributed by atoms with Crippen LogP contribution in [0.1, 0.15) is 23.7 Å². The van der Waals surface area contributed by atoms with E-state index in [4.69, 9.17) is 0 Å². The van der Waals surface area contributed by atoms with E-state index in [1.165, 1.54) is 0 Å². The molecular weight excluding hydrogens is 300 g/mol. The minimum Gasteiger partial charge on any atom is -0.338 e. The summed E-state index contributed by atoms with van der Waals surface area (Å²) in [6, 6.07) is 6.60. The molecule has 1 N–H and O–H groups in total. The number of fused-ring (bicyclic) bond motifs is 1. The fraction of sp³-hybridized carbons (Fsp3) is 0.562. The topological polar surface area (TPSA) is 66.5 Å². The predicted octanol–water partition coefficient (Wildman–Crippen LogP) is 1.16. The molecule has 6 heteroatoms. The summed E-state index contributed by atoms with van der Waals surface area (Å²) in [6.45, 7) is 5.17. The summed E-state index contributed by atoms with van der Waals surface area (Å²) in [4.78, 5) is 14.8. The van der Waals surface area contributed by atoms with Crippen LogP contribution in [0.25, 0.3) is 0 Å². The van der Waals surface area contributed by atoms with E-state index < -0.39 is 9.84 Å². The molecule has 5 nitrogen and oxygen atoms in total. The van der Waals surface area contributed by atoms with E-state index in [2.05, 4.69) is 5.32 Å². The monoisotopic (exact) mass is 322 g/mol. The summed E-state index contributed by atoms with van der Waals surface area (Å²) < 4.78 is 24.8. The van der Waals surface area contributed by atoms with Gasteiger partial charge in [-0.3, -0.25) is 4.79 Å². The Morgan fingerprint density at radius 2 is 1.86 bits per heavy atom. The van der Waals surface area contributed by atoms with Crippen LogP contribution in [-0.4, -0.2) is 51.2 Å². The van der Waals surface area contributed by atoms with Gasteiger partial charge in [-0.2, -0.15) is 0 Å². The molecule has 2 atom stereocenters. The first kappa shape index (κ1) is 15.5. The van der Waals surface area contributed by atoms with E-state index in [0.29, 0.717) is 23.8 Å². The maximum atomic E-state index is 12.8. The number of hydrogen-bond donors (Lipinski definition) is 1. The van der Waals surface area contributed by atoms with Gasteiger partial charge in [0.25, 0.3) is 5.91 Å². The summed E-state index contributed by atoms with van der Waals surface area (Å²) in [5.74, 6) is 0.934. The summed E-state index contributed by atoms with van der Waals surface area (Å²) in [7, 11) is -3.39. The van der Waals surface area contributed by atoms with Crippen LogP contribution in [0.15, 0.2) is 29.2 Å². The third kappa shape index (κ3) is 2.77. The Morgan fingerprint density at radius 1 is 1.23 bits per heavy atom. The van der Waals surface area contributed by atoms with Gasteiger partial charge in [0.1, 0.15) is 0 Å². The number of benzene rings is 1. The number of rotatable bonds is 4. The van der Waals surface area contributed by atoms with Crippen molar-refractivity contribution in [2.45, 2.75) is 18.2 Å². The largest absolute Gasteiger partial charge is 0.338 e. The lowest BCUT2D eigenvalue weighted by molar-refractivity contribution is 0.0778. The van der Waals surface area contributed by atoms with Gasteiger partial charge in [0.15, 0.2) is 9.84 Å². The van der Waals surface area contributed by atoms with E-state index in [-0.39, 0.29) is 16.6 Å². The van der Waals surface area contributed by atoms with Crippen LogP contribution in [0.4, 0.5) is 0 Å². The highest BCUT2D eigenvalue weighted by Gasteiger charge is 2.39. The summed E-state index contributed by atoms with van der Waals surface area (Å²) >= 11 is 0. The Bertz CT molecular complexity index is 660. The second-order valence-electron chi connectivity index (χ2n) is 6.20. The van der Waals surface area contributed by atoms with Crippen LogP contribution in [0.5, 0.6) is 0 Å². The molecular formula is C16H22N2O3S. The van der Waals surface area contributed by atoms with Gasteiger partial charge >= 0.3 is 0 Å². The molecule has 120 valence electrons. The minimum atomic E-state index is -3.39. The van der Waals surface area contributed by atoms with Gasteiger partial charge in [-0.15, -0.1) is 0 Å². The van der Waals surface area contributed by atoms with Gasteiger partial charge in [-0.1, -0.05) is 19.1 Å². The molecule has 0 aliphatic carbocycles. The van der Waals surface area contributed by atoms with E-state index in [9.17, 15) is 13.2 Å². The van der Waals surface area contributed by atoms with Crippen LogP contribution in [-0.2, 0) is 9.84 Å². The molecule has 0 aromatic heterocycles. The van der Waals surface area contributed by atoms with E-state index in [0.717, 1.165) is 26.2 Å². The van der Waals surface area contributed by atoms with Gasteiger partial charge in [0.2, 0.25) is 0 Å². The van der Waals surface area contributed by atoms with E-state index in [1.807, 2.05) is 11.8 Å². The first-order valence-corrected chi connectivity index (χ1v) is 9.50. The van der Waals surface area contributed by atoms with Gasteiger partial charge < -0.3 is 10.2 Å².